The lowest BCUT2D eigenvalue weighted by molar-refractivity contribution is -0.109. The van der Waals surface area contributed by atoms with Crippen molar-refractivity contribution in [3.63, 3.8) is 0 Å². The van der Waals surface area contributed by atoms with Gasteiger partial charge in [-0.05, 0) is 17.9 Å². The molecule has 1 aromatic rings. The van der Waals surface area contributed by atoms with Crippen molar-refractivity contribution < 1.29 is 19.4 Å². The molecular formula is C16H23NO4. The largest absolute Gasteiger partial charge is 0.445 e. The predicted molar refractivity (Wildman–Crippen MR) is 79.7 cm³/mol. The first-order chi connectivity index (χ1) is 10.0. The van der Waals surface area contributed by atoms with Crippen LogP contribution in [0.4, 0.5) is 4.79 Å². The van der Waals surface area contributed by atoms with Crippen LogP contribution in [0, 0.1) is 5.92 Å². The van der Waals surface area contributed by atoms with Crippen molar-refractivity contribution in [2.75, 3.05) is 0 Å². The van der Waals surface area contributed by atoms with Gasteiger partial charge in [0.05, 0.1) is 12.1 Å². The summed E-state index contributed by atoms with van der Waals surface area (Å²) in [7, 11) is 0. The average molecular weight is 293 g/mol. The van der Waals surface area contributed by atoms with Gasteiger partial charge >= 0.3 is 6.09 Å². The van der Waals surface area contributed by atoms with E-state index in [1.165, 1.54) is 0 Å². The number of hydrogen-bond donors (Lipinski definition) is 2. The molecule has 0 saturated heterocycles. The number of nitrogens with one attached hydrogen (secondary N) is 1. The van der Waals surface area contributed by atoms with Crippen LogP contribution in [0.1, 0.15) is 32.3 Å². The lowest BCUT2D eigenvalue weighted by Crippen LogP contribution is -2.44. The van der Waals surface area contributed by atoms with E-state index in [9.17, 15) is 14.7 Å². The molecule has 2 unspecified atom stereocenters. The zero-order valence-electron chi connectivity index (χ0n) is 12.5. The molecule has 0 radical (unpaired) electrons. The van der Waals surface area contributed by atoms with Gasteiger partial charge in [-0.2, -0.15) is 0 Å². The summed E-state index contributed by atoms with van der Waals surface area (Å²) in [5, 5.41) is 12.5. The van der Waals surface area contributed by atoms with Crippen LogP contribution < -0.4 is 5.32 Å². The zero-order valence-corrected chi connectivity index (χ0v) is 12.5. The summed E-state index contributed by atoms with van der Waals surface area (Å²) in [6, 6.07) is 8.86. The van der Waals surface area contributed by atoms with Crippen LogP contribution in [0.25, 0.3) is 0 Å². The number of aliphatic hydroxyl groups excluding tert-OH is 1. The fourth-order valence-electron chi connectivity index (χ4n) is 2.00. The minimum atomic E-state index is -0.894. The van der Waals surface area contributed by atoms with E-state index >= 15 is 0 Å². The summed E-state index contributed by atoms with van der Waals surface area (Å²) < 4.78 is 5.12. The Morgan fingerprint density at radius 3 is 2.57 bits per heavy atom. The van der Waals surface area contributed by atoms with Gasteiger partial charge in [-0.15, -0.1) is 0 Å². The molecule has 2 N–H and O–H groups in total. The molecule has 1 amide bonds. The van der Waals surface area contributed by atoms with Crippen LogP contribution in [0.2, 0.25) is 0 Å². The second kappa shape index (κ2) is 9.13. The quantitative estimate of drug-likeness (QED) is 0.721. The van der Waals surface area contributed by atoms with E-state index in [0.717, 1.165) is 5.56 Å². The third-order valence-corrected chi connectivity index (χ3v) is 3.04. The molecule has 0 fully saturated rings. The number of aliphatic hydroxyl groups is 1. The number of carbonyl (C=O) groups is 2. The molecular weight excluding hydrogens is 270 g/mol. The maximum atomic E-state index is 11.8. The number of amides is 1. The average Bonchev–Trinajstić information content (AvgIpc) is 2.45. The topological polar surface area (TPSA) is 75.6 Å². The third kappa shape index (κ3) is 6.90. The summed E-state index contributed by atoms with van der Waals surface area (Å²) in [5.74, 6) is 0.283. The van der Waals surface area contributed by atoms with Crippen molar-refractivity contribution in [3.05, 3.63) is 35.9 Å². The Morgan fingerprint density at radius 1 is 1.33 bits per heavy atom. The van der Waals surface area contributed by atoms with Gasteiger partial charge in [-0.25, -0.2) is 4.79 Å². The lowest BCUT2D eigenvalue weighted by atomic mass is 9.98. The van der Waals surface area contributed by atoms with E-state index in [4.69, 9.17) is 4.74 Å². The standard InChI is InChI=1S/C16H23NO4/c1-12(2)10-14(15(19)8-9-18)17-16(20)21-11-13-6-4-3-5-7-13/h3-7,9,12,14-15,19H,8,10-11H2,1-2H3,(H,17,20). The number of benzene rings is 1. The maximum Gasteiger partial charge on any atom is 0.407 e. The molecule has 0 aromatic heterocycles. The van der Waals surface area contributed by atoms with Crippen molar-refractivity contribution in [1.29, 1.82) is 0 Å². The number of carbonyl (C=O) groups excluding carboxylic acids is 2. The Morgan fingerprint density at radius 2 is 2.00 bits per heavy atom. The smallest absolute Gasteiger partial charge is 0.407 e. The molecule has 0 aliphatic heterocycles. The molecule has 0 bridgehead atoms. The van der Waals surface area contributed by atoms with Gasteiger partial charge < -0.3 is 20.0 Å². The first-order valence-electron chi connectivity index (χ1n) is 7.11. The number of ether oxygens (including phenoxy) is 1. The van der Waals surface area contributed by atoms with E-state index in [-0.39, 0.29) is 18.9 Å². The van der Waals surface area contributed by atoms with Crippen LogP contribution in [-0.2, 0) is 16.1 Å². The highest BCUT2D eigenvalue weighted by atomic mass is 16.5. The van der Waals surface area contributed by atoms with Crippen LogP contribution in [-0.4, -0.2) is 29.6 Å². The Hall–Kier alpha value is -1.88. The summed E-state index contributed by atoms with van der Waals surface area (Å²) in [4.78, 5) is 22.3. The van der Waals surface area contributed by atoms with E-state index in [1.54, 1.807) is 0 Å². The molecule has 0 aliphatic rings. The van der Waals surface area contributed by atoms with E-state index in [2.05, 4.69) is 5.32 Å². The van der Waals surface area contributed by atoms with Crippen LogP contribution >= 0.6 is 0 Å². The highest BCUT2D eigenvalue weighted by Gasteiger charge is 2.22. The fraction of sp³-hybridized carbons (Fsp3) is 0.500. The molecule has 0 heterocycles. The second-order valence-electron chi connectivity index (χ2n) is 5.41. The minimum absolute atomic E-state index is 0.00362. The Bertz CT molecular complexity index is 433. The van der Waals surface area contributed by atoms with Gasteiger partial charge in [0, 0.05) is 6.42 Å². The Labute approximate surface area is 125 Å². The molecule has 116 valence electrons. The van der Waals surface area contributed by atoms with Crippen molar-refractivity contribution in [3.8, 4) is 0 Å². The Kier molecular flexibility index (Phi) is 7.46. The van der Waals surface area contributed by atoms with E-state index in [0.29, 0.717) is 12.7 Å². The fourth-order valence-corrected chi connectivity index (χ4v) is 2.00. The maximum absolute atomic E-state index is 11.8. The SMILES string of the molecule is CC(C)CC(NC(=O)OCc1ccccc1)C(O)CC=O. The summed E-state index contributed by atoms with van der Waals surface area (Å²) in [5.41, 5.74) is 0.890. The first-order valence-corrected chi connectivity index (χ1v) is 7.11. The summed E-state index contributed by atoms with van der Waals surface area (Å²) in [6.07, 6.45) is -0.260. The monoisotopic (exact) mass is 293 g/mol. The van der Waals surface area contributed by atoms with Crippen molar-refractivity contribution in [2.45, 2.75) is 45.4 Å². The van der Waals surface area contributed by atoms with Gasteiger partial charge in [0.25, 0.3) is 0 Å². The summed E-state index contributed by atoms with van der Waals surface area (Å²) >= 11 is 0. The van der Waals surface area contributed by atoms with Crippen LogP contribution in [0.5, 0.6) is 0 Å². The molecule has 0 aliphatic carbocycles. The first kappa shape index (κ1) is 17.2. The van der Waals surface area contributed by atoms with Gasteiger partial charge in [-0.3, -0.25) is 0 Å². The van der Waals surface area contributed by atoms with Gasteiger partial charge in [0.15, 0.2) is 0 Å². The molecule has 1 aromatic carbocycles. The van der Waals surface area contributed by atoms with Crippen molar-refractivity contribution in [1.82, 2.24) is 5.32 Å². The van der Waals surface area contributed by atoms with Crippen LogP contribution in [0.3, 0.4) is 0 Å². The minimum Gasteiger partial charge on any atom is -0.445 e. The molecule has 0 spiro atoms. The lowest BCUT2D eigenvalue weighted by Gasteiger charge is -2.24. The highest BCUT2D eigenvalue weighted by Crippen LogP contribution is 2.11. The Balaban J connectivity index is 2.49. The van der Waals surface area contributed by atoms with Gasteiger partial charge in [0.1, 0.15) is 12.9 Å². The van der Waals surface area contributed by atoms with Gasteiger partial charge in [-0.1, -0.05) is 44.2 Å². The highest BCUT2D eigenvalue weighted by molar-refractivity contribution is 5.67. The molecule has 2 atom stereocenters. The third-order valence-electron chi connectivity index (χ3n) is 3.04. The molecule has 1 rings (SSSR count). The normalized spacial score (nSPS) is 13.5. The van der Waals surface area contributed by atoms with Crippen molar-refractivity contribution in [2.24, 2.45) is 5.92 Å². The molecule has 0 saturated carbocycles. The predicted octanol–water partition coefficient (Wildman–Crippen LogP) is 2.28. The van der Waals surface area contributed by atoms with E-state index < -0.39 is 18.2 Å². The number of hydrogen-bond acceptors (Lipinski definition) is 4. The second-order valence-corrected chi connectivity index (χ2v) is 5.41. The molecule has 5 nitrogen and oxygen atoms in total. The zero-order chi connectivity index (χ0) is 15.7. The molecule has 5 heteroatoms. The number of aldehydes is 1. The number of alkyl carbamates (subject to hydrolysis) is 1. The van der Waals surface area contributed by atoms with Crippen molar-refractivity contribution >= 4 is 12.4 Å². The summed E-state index contributed by atoms with van der Waals surface area (Å²) in [6.45, 7) is 4.14. The number of rotatable bonds is 8. The van der Waals surface area contributed by atoms with Gasteiger partial charge in [0.2, 0.25) is 0 Å². The molecule has 21 heavy (non-hydrogen) atoms. The van der Waals surface area contributed by atoms with Crippen LogP contribution in [0.15, 0.2) is 30.3 Å². The van der Waals surface area contributed by atoms with E-state index in [1.807, 2.05) is 44.2 Å².